The number of furan rings is 1. The molecule has 6 heteroatoms. The summed E-state index contributed by atoms with van der Waals surface area (Å²) in [6.45, 7) is 3.93. The number of hydrogen-bond acceptors (Lipinski definition) is 5. The van der Waals surface area contributed by atoms with E-state index < -0.39 is 0 Å². The number of Topliss-reactive ketones (excluding diaryl/α,β-unsaturated/α-hetero) is 1. The van der Waals surface area contributed by atoms with Gasteiger partial charge in [0.1, 0.15) is 12.1 Å². The number of imidazole rings is 1. The van der Waals surface area contributed by atoms with E-state index in [0.717, 1.165) is 35.6 Å². The van der Waals surface area contributed by atoms with E-state index in [-0.39, 0.29) is 17.9 Å². The number of carbonyl (C=O) groups excluding carboxylic acids is 1. The number of rotatable bonds is 4. The van der Waals surface area contributed by atoms with Gasteiger partial charge in [0.05, 0.1) is 12.3 Å². The van der Waals surface area contributed by atoms with E-state index in [1.165, 1.54) is 5.56 Å². The first-order valence-corrected chi connectivity index (χ1v) is 9.85. The highest BCUT2D eigenvalue weighted by atomic mass is 16.3. The highest BCUT2D eigenvalue weighted by Gasteiger charge is 2.32. The van der Waals surface area contributed by atoms with Gasteiger partial charge in [-0.1, -0.05) is 24.3 Å². The molecule has 1 saturated heterocycles. The zero-order chi connectivity index (χ0) is 20.0. The summed E-state index contributed by atoms with van der Waals surface area (Å²) >= 11 is 0. The van der Waals surface area contributed by atoms with Crippen molar-refractivity contribution in [2.45, 2.75) is 38.8 Å². The van der Waals surface area contributed by atoms with Gasteiger partial charge in [0.15, 0.2) is 11.3 Å². The summed E-state index contributed by atoms with van der Waals surface area (Å²) < 4.78 is 7.33. The first-order chi connectivity index (χ1) is 14.1. The number of aromatic nitrogens is 3. The van der Waals surface area contributed by atoms with Crippen molar-refractivity contribution in [1.29, 1.82) is 0 Å². The largest absolute Gasteiger partial charge is 0.464 e. The molecule has 0 amide bonds. The van der Waals surface area contributed by atoms with Crippen molar-refractivity contribution in [1.82, 2.24) is 19.7 Å². The second-order valence-corrected chi connectivity index (χ2v) is 7.64. The average molecular weight is 386 g/mol. The number of fused-ring (bicyclic) bond motifs is 1. The Kier molecular flexibility index (Phi) is 4.28. The number of aryl methyl sites for hydroxylation is 2. The van der Waals surface area contributed by atoms with Crippen LogP contribution in [0.25, 0.3) is 17.0 Å². The lowest BCUT2D eigenvalue weighted by Gasteiger charge is -2.14. The van der Waals surface area contributed by atoms with Gasteiger partial charge in [-0.3, -0.25) is 9.20 Å². The number of hydrogen-bond donors (Lipinski definition) is 1. The van der Waals surface area contributed by atoms with E-state index in [9.17, 15) is 4.79 Å². The molecular formula is C23H22N4O2. The van der Waals surface area contributed by atoms with Crippen LogP contribution in [0.15, 0.2) is 59.5 Å². The lowest BCUT2D eigenvalue weighted by Crippen LogP contribution is -2.32. The van der Waals surface area contributed by atoms with Gasteiger partial charge in [0.25, 0.3) is 0 Å². The Hall–Kier alpha value is -3.25. The molecule has 29 heavy (non-hydrogen) atoms. The molecule has 146 valence electrons. The second-order valence-electron chi connectivity index (χ2n) is 7.64. The molecule has 5 rings (SSSR count). The molecule has 0 bridgehead atoms. The van der Waals surface area contributed by atoms with Crippen molar-refractivity contribution in [2.75, 3.05) is 0 Å². The summed E-state index contributed by atoms with van der Waals surface area (Å²) in [5, 5.41) is 3.49. The zero-order valence-corrected chi connectivity index (χ0v) is 16.4. The zero-order valence-electron chi connectivity index (χ0n) is 16.4. The maximum atomic E-state index is 13.1. The molecule has 0 spiro atoms. The van der Waals surface area contributed by atoms with Crippen LogP contribution in [0, 0.1) is 13.8 Å². The molecule has 1 aliphatic rings. The Balaban J connectivity index is 1.35. The van der Waals surface area contributed by atoms with Crippen LogP contribution in [0.2, 0.25) is 0 Å². The Morgan fingerprint density at radius 1 is 1.17 bits per heavy atom. The molecule has 3 aromatic heterocycles. The highest BCUT2D eigenvalue weighted by Crippen LogP contribution is 2.30. The van der Waals surface area contributed by atoms with Crippen LogP contribution in [0.4, 0.5) is 0 Å². The van der Waals surface area contributed by atoms with Crippen LogP contribution in [-0.4, -0.2) is 26.2 Å². The van der Waals surface area contributed by atoms with Gasteiger partial charge in [-0.2, -0.15) is 0 Å². The third-order valence-corrected chi connectivity index (χ3v) is 5.64. The molecule has 4 aromatic rings. The van der Waals surface area contributed by atoms with Crippen LogP contribution in [0.1, 0.15) is 46.3 Å². The van der Waals surface area contributed by atoms with Gasteiger partial charge >= 0.3 is 0 Å². The fourth-order valence-corrected chi connectivity index (χ4v) is 4.15. The molecule has 6 nitrogen and oxygen atoms in total. The van der Waals surface area contributed by atoms with E-state index in [1.54, 1.807) is 12.6 Å². The number of benzene rings is 1. The van der Waals surface area contributed by atoms with Gasteiger partial charge in [0, 0.05) is 23.0 Å². The Morgan fingerprint density at radius 2 is 2.00 bits per heavy atom. The summed E-state index contributed by atoms with van der Waals surface area (Å²) in [4.78, 5) is 22.1. The maximum absolute atomic E-state index is 13.1. The normalized spacial score (nSPS) is 19.1. The predicted molar refractivity (Wildman–Crippen MR) is 110 cm³/mol. The molecule has 1 aliphatic heterocycles. The van der Waals surface area contributed by atoms with Gasteiger partial charge in [-0.25, -0.2) is 9.97 Å². The van der Waals surface area contributed by atoms with Crippen molar-refractivity contribution in [3.8, 4) is 11.3 Å². The molecule has 0 radical (unpaired) electrons. The van der Waals surface area contributed by atoms with Gasteiger partial charge < -0.3 is 9.73 Å². The summed E-state index contributed by atoms with van der Waals surface area (Å²) in [5.41, 5.74) is 5.22. The summed E-state index contributed by atoms with van der Waals surface area (Å²) in [6.07, 6.45) is 5.06. The Labute approximate surface area is 168 Å². The van der Waals surface area contributed by atoms with E-state index in [2.05, 4.69) is 39.6 Å². The van der Waals surface area contributed by atoms with Crippen molar-refractivity contribution in [2.24, 2.45) is 0 Å². The Morgan fingerprint density at radius 3 is 2.76 bits per heavy atom. The first kappa shape index (κ1) is 17.8. The summed E-state index contributed by atoms with van der Waals surface area (Å²) in [7, 11) is 0. The summed E-state index contributed by atoms with van der Waals surface area (Å²) in [5.74, 6) is 0.869. The average Bonchev–Trinajstić information content (AvgIpc) is 3.47. The monoisotopic (exact) mass is 386 g/mol. The lowest BCUT2D eigenvalue weighted by atomic mass is 10.0. The van der Waals surface area contributed by atoms with E-state index in [1.807, 2.05) is 36.4 Å². The maximum Gasteiger partial charge on any atom is 0.201 e. The van der Waals surface area contributed by atoms with Gasteiger partial charge in [-0.15, -0.1) is 0 Å². The molecule has 1 fully saturated rings. The first-order valence-electron chi connectivity index (χ1n) is 9.85. The minimum absolute atomic E-state index is 0.0136. The van der Waals surface area contributed by atoms with Crippen LogP contribution in [0.3, 0.4) is 0 Å². The van der Waals surface area contributed by atoms with Crippen molar-refractivity contribution in [3.63, 3.8) is 0 Å². The Bertz CT molecular complexity index is 1180. The smallest absolute Gasteiger partial charge is 0.201 e. The van der Waals surface area contributed by atoms with Crippen molar-refractivity contribution in [3.05, 3.63) is 77.7 Å². The van der Waals surface area contributed by atoms with Crippen LogP contribution >= 0.6 is 0 Å². The van der Waals surface area contributed by atoms with E-state index in [4.69, 9.17) is 4.42 Å². The minimum atomic E-state index is -0.244. The molecule has 4 heterocycles. The minimum Gasteiger partial charge on any atom is -0.464 e. The lowest BCUT2D eigenvalue weighted by molar-refractivity contribution is 0.0947. The van der Waals surface area contributed by atoms with E-state index in [0.29, 0.717) is 11.3 Å². The van der Waals surface area contributed by atoms with Crippen LogP contribution < -0.4 is 5.32 Å². The second kappa shape index (κ2) is 6.97. The molecule has 1 aromatic carbocycles. The van der Waals surface area contributed by atoms with Crippen molar-refractivity contribution >= 4 is 11.4 Å². The topological polar surface area (TPSA) is 72.4 Å². The van der Waals surface area contributed by atoms with E-state index >= 15 is 0 Å². The van der Waals surface area contributed by atoms with Gasteiger partial charge in [-0.05, 0) is 50.5 Å². The standard InChI is InChI=1S/C23H22N4O2/c1-14-12-15(2)27-13-24-21(23(27)25-14)22(28)19-10-9-18(26-19)16-5-7-17(8-6-16)20-4-3-11-29-20/h3-8,11-13,18-19,26H,9-10H2,1-2H3. The molecule has 2 unspecified atom stereocenters. The third kappa shape index (κ3) is 3.15. The van der Waals surface area contributed by atoms with Crippen molar-refractivity contribution < 1.29 is 9.21 Å². The molecule has 2 atom stereocenters. The highest BCUT2D eigenvalue weighted by molar-refractivity contribution is 6.03. The molecule has 0 saturated carbocycles. The third-order valence-electron chi connectivity index (χ3n) is 5.64. The fraction of sp³-hybridized carbons (Fsp3) is 0.261. The molecular weight excluding hydrogens is 364 g/mol. The fourth-order valence-electron chi connectivity index (χ4n) is 4.15. The number of nitrogens with zero attached hydrogens (tertiary/aromatic N) is 3. The van der Waals surface area contributed by atoms with Gasteiger partial charge in [0.2, 0.25) is 5.78 Å². The number of carbonyl (C=O) groups is 1. The summed E-state index contributed by atoms with van der Waals surface area (Å²) in [6, 6.07) is 14.0. The molecule has 1 N–H and O–H groups in total. The molecule has 0 aliphatic carbocycles. The predicted octanol–water partition coefficient (Wildman–Crippen LogP) is 4.28. The van der Waals surface area contributed by atoms with Crippen LogP contribution in [0.5, 0.6) is 0 Å². The van der Waals surface area contributed by atoms with Crippen LogP contribution in [-0.2, 0) is 0 Å². The number of nitrogens with one attached hydrogen (secondary N) is 1. The quantitative estimate of drug-likeness (QED) is 0.530. The SMILES string of the molecule is Cc1cc(C)n2cnc(C(=O)C3CCC(c4ccc(-c5ccco5)cc4)N3)c2n1. The number of ketones is 1.